The molecule has 24 heteroatoms. The van der Waals surface area contributed by atoms with Crippen LogP contribution in [0.5, 0.6) is 0 Å². The van der Waals surface area contributed by atoms with Gasteiger partial charge in [-0.25, -0.2) is 0 Å². The molecule has 24 nitrogen and oxygen atoms in total. The Hall–Kier alpha value is -5.01. The minimum absolute atomic E-state index is 0.671. The molecule has 3 heterocycles. The number of rotatable bonds is 15. The standard InChI is InChI=1S/C36H50O24/c1-13-25(50-15(3)38)28(52-17(5)40)32(56-21(9)44)35(49-13)48-12-24-26(51-16(4)39)30(54-19(7)42)33(57-22(10)45)36(59-24)60-27-23(11-47-14(2)37)58-34(46)31(55-20(8)43)29(27)53-18(6)41/h13,23-36,46H,11-12H2,1-10H3/t13-,23-,24-,25+,26+,27-,28+,29+,30+,31-,32-,33-,34+,35+,36+/m0/s1. The highest BCUT2D eigenvalue weighted by Gasteiger charge is 2.58. The number of carbonyl (C=O) groups is 9. The maximum Gasteiger partial charge on any atom is 0.303 e. The van der Waals surface area contributed by atoms with Crippen molar-refractivity contribution in [2.45, 2.75) is 161 Å². The highest BCUT2D eigenvalue weighted by Crippen LogP contribution is 2.36. The second-order valence-corrected chi connectivity index (χ2v) is 13.6. The van der Waals surface area contributed by atoms with Crippen LogP contribution in [0, 0.1) is 0 Å². The van der Waals surface area contributed by atoms with Crippen molar-refractivity contribution in [1.29, 1.82) is 0 Å². The van der Waals surface area contributed by atoms with Crippen LogP contribution in [0.25, 0.3) is 0 Å². The second kappa shape index (κ2) is 22.0. The van der Waals surface area contributed by atoms with Gasteiger partial charge in [-0.05, 0) is 6.92 Å². The van der Waals surface area contributed by atoms with Crippen LogP contribution in [0.15, 0.2) is 0 Å². The Morgan fingerprint density at radius 1 is 0.400 bits per heavy atom. The molecule has 0 bridgehead atoms. The zero-order valence-electron chi connectivity index (χ0n) is 34.4. The molecular weight excluding hydrogens is 816 g/mol. The number of esters is 9. The van der Waals surface area contributed by atoms with Crippen LogP contribution in [-0.2, 0) is 109 Å². The van der Waals surface area contributed by atoms with Gasteiger partial charge in [0, 0.05) is 62.3 Å². The van der Waals surface area contributed by atoms with Crippen LogP contribution < -0.4 is 0 Å². The van der Waals surface area contributed by atoms with E-state index < -0.39 is 159 Å². The zero-order valence-corrected chi connectivity index (χ0v) is 34.4. The number of aliphatic hydroxyl groups excluding tert-OH is 1. The Balaban J connectivity index is 2.16. The Bertz CT molecular complexity index is 1600. The summed E-state index contributed by atoms with van der Waals surface area (Å²) in [6, 6.07) is 0. The Kier molecular flexibility index (Phi) is 18.1. The van der Waals surface area contributed by atoms with Gasteiger partial charge >= 0.3 is 53.7 Å². The molecule has 0 aromatic heterocycles. The fourth-order valence-corrected chi connectivity index (χ4v) is 6.58. The van der Waals surface area contributed by atoms with Gasteiger partial charge in [0.15, 0.2) is 67.7 Å². The Morgan fingerprint density at radius 2 is 0.767 bits per heavy atom. The lowest BCUT2D eigenvalue weighted by Crippen LogP contribution is -2.67. The molecule has 15 atom stereocenters. The molecule has 0 aromatic rings. The summed E-state index contributed by atoms with van der Waals surface area (Å²) >= 11 is 0. The van der Waals surface area contributed by atoms with Crippen molar-refractivity contribution in [2.75, 3.05) is 13.2 Å². The van der Waals surface area contributed by atoms with Gasteiger partial charge in [0.05, 0.1) is 12.7 Å². The van der Waals surface area contributed by atoms with Crippen LogP contribution in [0.3, 0.4) is 0 Å². The molecule has 338 valence electrons. The molecule has 3 aliphatic heterocycles. The molecule has 3 aliphatic rings. The van der Waals surface area contributed by atoms with Gasteiger partial charge in [-0.15, -0.1) is 0 Å². The van der Waals surface area contributed by atoms with Gasteiger partial charge in [0.1, 0.15) is 24.9 Å². The summed E-state index contributed by atoms with van der Waals surface area (Å²) in [5.74, 6) is -8.24. The van der Waals surface area contributed by atoms with Crippen molar-refractivity contribution in [3.8, 4) is 0 Å². The van der Waals surface area contributed by atoms with Crippen molar-refractivity contribution < 1.29 is 115 Å². The van der Waals surface area contributed by atoms with E-state index in [1.165, 1.54) is 6.92 Å². The first-order chi connectivity index (χ1) is 28.0. The number of hydrogen-bond acceptors (Lipinski definition) is 24. The first-order valence-electron chi connectivity index (χ1n) is 18.4. The van der Waals surface area contributed by atoms with Gasteiger partial charge in [-0.3, -0.25) is 43.2 Å². The minimum Gasteiger partial charge on any atom is -0.463 e. The topological polar surface area (TPSA) is 303 Å². The summed E-state index contributed by atoms with van der Waals surface area (Å²) in [4.78, 5) is 111. The summed E-state index contributed by atoms with van der Waals surface area (Å²) < 4.78 is 78.5. The fraction of sp³-hybridized carbons (Fsp3) is 0.750. The molecule has 3 saturated heterocycles. The van der Waals surface area contributed by atoms with Crippen molar-refractivity contribution in [3.05, 3.63) is 0 Å². The van der Waals surface area contributed by atoms with Crippen molar-refractivity contribution in [3.63, 3.8) is 0 Å². The molecule has 0 saturated carbocycles. The molecule has 0 aromatic carbocycles. The lowest BCUT2D eigenvalue weighted by Gasteiger charge is -2.48. The molecule has 60 heavy (non-hydrogen) atoms. The molecule has 0 aliphatic carbocycles. The van der Waals surface area contributed by atoms with E-state index in [-0.39, 0.29) is 0 Å². The summed E-state index contributed by atoms with van der Waals surface area (Å²) in [7, 11) is 0. The smallest absolute Gasteiger partial charge is 0.303 e. The fourth-order valence-electron chi connectivity index (χ4n) is 6.58. The van der Waals surface area contributed by atoms with Crippen molar-refractivity contribution in [2.24, 2.45) is 0 Å². The van der Waals surface area contributed by atoms with Gasteiger partial charge in [-0.2, -0.15) is 0 Å². The van der Waals surface area contributed by atoms with E-state index in [1.54, 1.807) is 0 Å². The zero-order chi connectivity index (χ0) is 45.2. The quantitative estimate of drug-likeness (QED) is 0.146. The largest absolute Gasteiger partial charge is 0.463 e. The SMILES string of the molecule is CC(=O)OC[C@@H]1O[C@@H](O)[C@@H](OC(C)=O)[C@H](OC(C)=O)[C@H]1O[C@H]1O[C@@H](CO[C@@H]2O[C@@H](C)[C@@H](OC(C)=O)[C@@H](OC(C)=O)[C@@H]2OC(C)=O)[C@@H](OC(C)=O)[C@@H](OC(C)=O)[C@@H]1OC(C)=O. The van der Waals surface area contributed by atoms with Crippen LogP contribution >= 0.6 is 0 Å². The van der Waals surface area contributed by atoms with Crippen molar-refractivity contribution in [1.82, 2.24) is 0 Å². The van der Waals surface area contributed by atoms with Crippen LogP contribution in [0.4, 0.5) is 0 Å². The third kappa shape index (κ3) is 14.0. The molecule has 0 radical (unpaired) electrons. The number of ether oxygens (including phenoxy) is 14. The lowest BCUT2D eigenvalue weighted by atomic mass is 9.96. The predicted molar refractivity (Wildman–Crippen MR) is 186 cm³/mol. The monoisotopic (exact) mass is 866 g/mol. The molecular formula is C36H50O24. The predicted octanol–water partition coefficient (Wildman–Crippen LogP) is -1.41. The van der Waals surface area contributed by atoms with E-state index in [1.807, 2.05) is 0 Å². The average Bonchev–Trinajstić information content (AvgIpc) is 3.09. The van der Waals surface area contributed by atoms with E-state index in [4.69, 9.17) is 66.3 Å². The normalized spacial score (nSPS) is 33.8. The maximum atomic E-state index is 12.6. The summed E-state index contributed by atoms with van der Waals surface area (Å²) in [5.41, 5.74) is 0. The van der Waals surface area contributed by atoms with Gasteiger partial charge < -0.3 is 71.4 Å². The van der Waals surface area contributed by atoms with Crippen LogP contribution in [0.2, 0.25) is 0 Å². The molecule has 3 fully saturated rings. The number of hydrogen-bond donors (Lipinski definition) is 1. The molecule has 0 spiro atoms. The second-order valence-electron chi connectivity index (χ2n) is 13.6. The van der Waals surface area contributed by atoms with Crippen LogP contribution in [0.1, 0.15) is 69.2 Å². The third-order valence-corrected chi connectivity index (χ3v) is 8.51. The summed E-state index contributed by atoms with van der Waals surface area (Å²) in [6.45, 7) is 9.15. The molecule has 0 unspecified atom stereocenters. The van der Waals surface area contributed by atoms with E-state index >= 15 is 0 Å². The highest BCUT2D eigenvalue weighted by atomic mass is 16.8. The Labute approximate surface area is 342 Å². The first kappa shape index (κ1) is 49.4. The third-order valence-electron chi connectivity index (χ3n) is 8.51. The molecule has 0 amide bonds. The number of aliphatic hydroxyl groups is 1. The maximum absolute atomic E-state index is 12.6. The Morgan fingerprint density at radius 3 is 1.23 bits per heavy atom. The first-order valence-corrected chi connectivity index (χ1v) is 18.4. The summed E-state index contributed by atoms with van der Waals surface area (Å²) in [6.07, 6.45) is -24.8. The van der Waals surface area contributed by atoms with E-state index in [9.17, 15) is 48.3 Å². The van der Waals surface area contributed by atoms with E-state index in [0.717, 1.165) is 62.3 Å². The van der Waals surface area contributed by atoms with Gasteiger partial charge in [0.2, 0.25) is 0 Å². The highest BCUT2D eigenvalue weighted by molar-refractivity contribution is 5.70. The van der Waals surface area contributed by atoms with Gasteiger partial charge in [0.25, 0.3) is 0 Å². The molecule has 3 rings (SSSR count). The number of carbonyl (C=O) groups excluding carboxylic acids is 9. The van der Waals surface area contributed by atoms with E-state index in [2.05, 4.69) is 0 Å². The van der Waals surface area contributed by atoms with Crippen molar-refractivity contribution >= 4 is 53.7 Å². The summed E-state index contributed by atoms with van der Waals surface area (Å²) in [5, 5.41) is 10.8. The van der Waals surface area contributed by atoms with Crippen LogP contribution in [-0.4, -0.2) is 164 Å². The van der Waals surface area contributed by atoms with Gasteiger partial charge in [-0.1, -0.05) is 0 Å². The minimum atomic E-state index is -1.99. The average molecular weight is 867 g/mol. The molecule has 1 N–H and O–H groups in total. The lowest BCUT2D eigenvalue weighted by molar-refractivity contribution is -0.363. The van der Waals surface area contributed by atoms with E-state index in [0.29, 0.717) is 0 Å².